The Labute approximate surface area is 167 Å². The molecule has 1 aliphatic rings. The van der Waals surface area contributed by atoms with Crippen LogP contribution in [0, 0.1) is 5.92 Å². The summed E-state index contributed by atoms with van der Waals surface area (Å²) in [5, 5.41) is 7.04. The summed E-state index contributed by atoms with van der Waals surface area (Å²) in [4.78, 5) is 2.50. The van der Waals surface area contributed by atoms with Gasteiger partial charge in [-0.3, -0.25) is 0 Å². The van der Waals surface area contributed by atoms with Crippen LogP contribution >= 0.6 is 0 Å². The first-order valence-corrected chi connectivity index (χ1v) is 11.0. The smallest absolute Gasteiger partial charge is 0.0701 e. The highest BCUT2D eigenvalue weighted by Crippen LogP contribution is 2.10. The summed E-state index contributed by atoms with van der Waals surface area (Å²) in [6, 6.07) is 1.27. The van der Waals surface area contributed by atoms with Crippen LogP contribution < -0.4 is 10.6 Å². The molecule has 0 spiro atoms. The molecule has 1 atom stereocenters. The van der Waals surface area contributed by atoms with Crippen LogP contribution in [0.5, 0.6) is 0 Å². The van der Waals surface area contributed by atoms with Crippen LogP contribution in [-0.4, -0.2) is 89.3 Å². The topological polar surface area (TPSA) is 55.0 Å². The second-order valence-corrected chi connectivity index (χ2v) is 7.99. The Morgan fingerprint density at radius 2 is 1.48 bits per heavy atom. The highest BCUT2D eigenvalue weighted by Gasteiger charge is 2.18. The van der Waals surface area contributed by atoms with Gasteiger partial charge in [-0.1, -0.05) is 34.1 Å². The van der Waals surface area contributed by atoms with Crippen molar-refractivity contribution in [3.05, 3.63) is 0 Å². The lowest BCUT2D eigenvalue weighted by molar-refractivity contribution is 0.00975. The number of hydrogen-bond acceptors (Lipinski definition) is 6. The predicted molar refractivity (Wildman–Crippen MR) is 113 cm³/mol. The largest absolute Gasteiger partial charge is 0.378 e. The summed E-state index contributed by atoms with van der Waals surface area (Å²) in [5.74, 6) is 0.738. The average molecular weight is 388 g/mol. The first-order valence-electron chi connectivity index (χ1n) is 11.0. The molecule has 1 heterocycles. The maximum absolute atomic E-state index is 5.69. The number of nitrogens with zero attached hydrogens (tertiary/aromatic N) is 1. The molecule has 0 aromatic rings. The van der Waals surface area contributed by atoms with Gasteiger partial charge in [0.25, 0.3) is 0 Å². The van der Waals surface area contributed by atoms with Gasteiger partial charge < -0.3 is 29.7 Å². The molecule has 6 nitrogen and oxygen atoms in total. The van der Waals surface area contributed by atoms with E-state index in [1.165, 1.54) is 32.4 Å². The highest BCUT2D eigenvalue weighted by atomic mass is 16.5. The van der Waals surface area contributed by atoms with Crippen molar-refractivity contribution in [3.8, 4) is 0 Å². The van der Waals surface area contributed by atoms with Gasteiger partial charge in [-0.15, -0.1) is 0 Å². The van der Waals surface area contributed by atoms with E-state index in [9.17, 15) is 0 Å². The van der Waals surface area contributed by atoms with Gasteiger partial charge in [-0.2, -0.15) is 0 Å². The van der Waals surface area contributed by atoms with Gasteiger partial charge in [0.2, 0.25) is 0 Å². The van der Waals surface area contributed by atoms with Crippen LogP contribution in [0.2, 0.25) is 0 Å². The maximum atomic E-state index is 5.69. The fourth-order valence-corrected chi connectivity index (χ4v) is 3.17. The number of rotatable bonds is 17. The first-order chi connectivity index (χ1) is 13.1. The van der Waals surface area contributed by atoms with E-state index < -0.39 is 0 Å². The van der Waals surface area contributed by atoms with Crippen molar-refractivity contribution in [2.45, 2.75) is 59.0 Å². The quantitative estimate of drug-likeness (QED) is 0.373. The van der Waals surface area contributed by atoms with Gasteiger partial charge >= 0.3 is 0 Å². The molecular weight excluding hydrogens is 342 g/mol. The molecule has 0 radical (unpaired) electrons. The zero-order chi connectivity index (χ0) is 19.7. The molecule has 162 valence electrons. The number of likely N-dealkylation sites (tertiary alicyclic amines) is 1. The van der Waals surface area contributed by atoms with E-state index in [-0.39, 0.29) is 0 Å². The SMILES string of the molecule is CCC(C)CNCCOCCOCCOCCN1CCC(NC(C)C)CC1. The lowest BCUT2D eigenvalue weighted by atomic mass is 10.0. The lowest BCUT2D eigenvalue weighted by Crippen LogP contribution is -2.45. The van der Waals surface area contributed by atoms with Crippen LogP contribution in [0.25, 0.3) is 0 Å². The molecule has 6 heteroatoms. The predicted octanol–water partition coefficient (Wildman–Crippen LogP) is 2.13. The zero-order valence-corrected chi connectivity index (χ0v) is 18.3. The Morgan fingerprint density at radius 3 is 2.07 bits per heavy atom. The van der Waals surface area contributed by atoms with Gasteiger partial charge in [-0.05, 0) is 38.4 Å². The third kappa shape index (κ3) is 14.4. The van der Waals surface area contributed by atoms with Crippen molar-refractivity contribution >= 4 is 0 Å². The lowest BCUT2D eigenvalue weighted by Gasteiger charge is -2.33. The van der Waals surface area contributed by atoms with Crippen molar-refractivity contribution < 1.29 is 14.2 Å². The Balaban J connectivity index is 1.77. The minimum atomic E-state index is 0.585. The van der Waals surface area contributed by atoms with Gasteiger partial charge in [0, 0.05) is 25.2 Å². The van der Waals surface area contributed by atoms with Gasteiger partial charge in [-0.25, -0.2) is 0 Å². The zero-order valence-electron chi connectivity index (χ0n) is 18.3. The average Bonchev–Trinajstić information content (AvgIpc) is 2.66. The highest BCUT2D eigenvalue weighted by molar-refractivity contribution is 4.78. The van der Waals surface area contributed by atoms with Gasteiger partial charge in [0.1, 0.15) is 0 Å². The van der Waals surface area contributed by atoms with Gasteiger partial charge in [0.05, 0.1) is 39.6 Å². The maximum Gasteiger partial charge on any atom is 0.0701 e. The fraction of sp³-hybridized carbons (Fsp3) is 1.00. The molecule has 0 amide bonds. The first kappa shape index (κ1) is 24.8. The molecule has 1 aliphatic heterocycles. The summed E-state index contributed by atoms with van der Waals surface area (Å²) in [5.41, 5.74) is 0. The minimum absolute atomic E-state index is 0.585. The second kappa shape index (κ2) is 16.7. The molecule has 27 heavy (non-hydrogen) atoms. The number of piperidine rings is 1. The van der Waals surface area contributed by atoms with E-state index in [1.807, 2.05) is 0 Å². The number of hydrogen-bond donors (Lipinski definition) is 2. The van der Waals surface area contributed by atoms with E-state index in [4.69, 9.17) is 14.2 Å². The van der Waals surface area contributed by atoms with Crippen molar-refractivity contribution in [1.82, 2.24) is 15.5 Å². The molecule has 0 aromatic carbocycles. The van der Waals surface area contributed by atoms with Crippen LogP contribution in [0.4, 0.5) is 0 Å². The van der Waals surface area contributed by atoms with Crippen LogP contribution in [0.1, 0.15) is 47.0 Å². The Hall–Kier alpha value is -0.240. The second-order valence-electron chi connectivity index (χ2n) is 7.99. The third-order valence-corrected chi connectivity index (χ3v) is 5.07. The van der Waals surface area contributed by atoms with E-state index in [2.05, 4.69) is 43.2 Å². The molecule has 0 aliphatic carbocycles. The summed E-state index contributed by atoms with van der Waals surface area (Å²) in [6.07, 6.45) is 3.71. The monoisotopic (exact) mass is 387 g/mol. The third-order valence-electron chi connectivity index (χ3n) is 5.07. The van der Waals surface area contributed by atoms with Crippen LogP contribution in [0.3, 0.4) is 0 Å². The minimum Gasteiger partial charge on any atom is -0.378 e. The van der Waals surface area contributed by atoms with E-state index in [0.29, 0.717) is 38.5 Å². The summed E-state index contributed by atoms with van der Waals surface area (Å²) >= 11 is 0. The Morgan fingerprint density at radius 1 is 0.889 bits per heavy atom. The fourth-order valence-electron chi connectivity index (χ4n) is 3.17. The molecule has 0 saturated carbocycles. The number of ether oxygens (including phenoxy) is 3. The summed E-state index contributed by atoms with van der Waals surface area (Å²) < 4.78 is 16.8. The number of nitrogens with one attached hydrogen (secondary N) is 2. The van der Waals surface area contributed by atoms with Crippen LogP contribution in [-0.2, 0) is 14.2 Å². The van der Waals surface area contributed by atoms with E-state index >= 15 is 0 Å². The molecule has 2 N–H and O–H groups in total. The van der Waals surface area contributed by atoms with Crippen molar-refractivity contribution in [1.29, 1.82) is 0 Å². The molecule has 1 fully saturated rings. The Kier molecular flexibility index (Phi) is 15.3. The van der Waals surface area contributed by atoms with Crippen molar-refractivity contribution in [2.75, 3.05) is 72.4 Å². The van der Waals surface area contributed by atoms with Gasteiger partial charge in [0.15, 0.2) is 0 Å². The van der Waals surface area contributed by atoms with E-state index in [1.54, 1.807) is 0 Å². The molecule has 0 bridgehead atoms. The summed E-state index contributed by atoms with van der Waals surface area (Å²) in [6.45, 7) is 18.5. The molecule has 1 rings (SSSR count). The van der Waals surface area contributed by atoms with E-state index in [0.717, 1.165) is 38.8 Å². The molecule has 0 aromatic heterocycles. The van der Waals surface area contributed by atoms with Crippen molar-refractivity contribution in [3.63, 3.8) is 0 Å². The Bertz CT molecular complexity index is 324. The van der Waals surface area contributed by atoms with Crippen molar-refractivity contribution in [2.24, 2.45) is 5.92 Å². The molecular formula is C21H45N3O3. The standard InChI is InChI=1S/C21H45N3O3/c1-5-20(4)18-22-8-12-25-14-16-27-17-15-26-13-11-24-9-6-21(7-10-24)23-19(2)3/h19-23H,5-18H2,1-4H3. The molecule has 1 saturated heterocycles. The summed E-state index contributed by atoms with van der Waals surface area (Å²) in [7, 11) is 0. The molecule has 1 unspecified atom stereocenters. The van der Waals surface area contributed by atoms with Crippen LogP contribution in [0.15, 0.2) is 0 Å². The normalized spacial score (nSPS) is 17.7.